The van der Waals surface area contributed by atoms with E-state index in [9.17, 15) is 4.39 Å². The summed E-state index contributed by atoms with van der Waals surface area (Å²) in [7, 11) is 0. The quantitative estimate of drug-likeness (QED) is 0.365. The molecule has 0 aromatic heterocycles. The molecule has 0 aliphatic heterocycles. The Morgan fingerprint density at radius 1 is 1.35 bits per heavy atom. The lowest BCUT2D eigenvalue weighted by Gasteiger charge is -2.29. The van der Waals surface area contributed by atoms with Crippen molar-refractivity contribution >= 4 is 5.84 Å². The van der Waals surface area contributed by atoms with Gasteiger partial charge in [-0.2, -0.15) is 0 Å². The molecule has 0 saturated carbocycles. The lowest BCUT2D eigenvalue weighted by molar-refractivity contribution is 0.189. The van der Waals surface area contributed by atoms with E-state index in [-0.39, 0.29) is 5.84 Å². The molecule has 0 aliphatic rings. The van der Waals surface area contributed by atoms with E-state index in [0.29, 0.717) is 24.1 Å². The van der Waals surface area contributed by atoms with Gasteiger partial charge in [-0.15, -0.1) is 0 Å². The van der Waals surface area contributed by atoms with Crippen LogP contribution >= 0.6 is 0 Å². The SMILES string of the molecule is CC(C)CN(Cc1ccc(F)cc1C(N)=NO)C(C)C. The van der Waals surface area contributed by atoms with Crippen LogP contribution in [0.4, 0.5) is 4.39 Å². The van der Waals surface area contributed by atoms with Gasteiger partial charge in [-0.25, -0.2) is 4.39 Å². The van der Waals surface area contributed by atoms with Crippen LogP contribution in [0.1, 0.15) is 38.8 Å². The third-order valence-corrected chi connectivity index (χ3v) is 3.16. The third kappa shape index (κ3) is 4.49. The van der Waals surface area contributed by atoms with Crippen molar-refractivity contribution in [3.05, 3.63) is 35.1 Å². The maximum atomic E-state index is 13.3. The van der Waals surface area contributed by atoms with Crippen molar-refractivity contribution in [1.29, 1.82) is 0 Å². The highest BCUT2D eigenvalue weighted by molar-refractivity contribution is 5.98. The van der Waals surface area contributed by atoms with Crippen LogP contribution in [0.3, 0.4) is 0 Å². The molecule has 0 unspecified atom stereocenters. The smallest absolute Gasteiger partial charge is 0.170 e. The Hall–Kier alpha value is -1.62. The van der Waals surface area contributed by atoms with Crippen molar-refractivity contribution in [3.63, 3.8) is 0 Å². The lowest BCUT2D eigenvalue weighted by atomic mass is 10.0. The van der Waals surface area contributed by atoms with Crippen LogP contribution in [0.15, 0.2) is 23.4 Å². The van der Waals surface area contributed by atoms with E-state index < -0.39 is 5.82 Å². The van der Waals surface area contributed by atoms with E-state index in [1.54, 1.807) is 6.07 Å². The third-order valence-electron chi connectivity index (χ3n) is 3.16. The van der Waals surface area contributed by atoms with Crippen molar-refractivity contribution in [2.24, 2.45) is 16.8 Å². The highest BCUT2D eigenvalue weighted by Gasteiger charge is 2.16. The van der Waals surface area contributed by atoms with Crippen molar-refractivity contribution in [2.75, 3.05) is 6.54 Å². The van der Waals surface area contributed by atoms with E-state index >= 15 is 0 Å². The minimum atomic E-state index is -0.393. The van der Waals surface area contributed by atoms with E-state index in [1.165, 1.54) is 12.1 Å². The van der Waals surface area contributed by atoms with Crippen LogP contribution in [0.25, 0.3) is 0 Å². The van der Waals surface area contributed by atoms with Gasteiger partial charge in [0.1, 0.15) is 5.82 Å². The average Bonchev–Trinajstić information content (AvgIpc) is 2.38. The van der Waals surface area contributed by atoms with Crippen molar-refractivity contribution in [2.45, 2.75) is 40.3 Å². The minimum absolute atomic E-state index is 0.0623. The summed E-state index contributed by atoms with van der Waals surface area (Å²) in [5, 5.41) is 11.8. The summed E-state index contributed by atoms with van der Waals surface area (Å²) >= 11 is 0. The standard InChI is InChI=1S/C15H24FN3O/c1-10(2)8-19(11(3)4)9-12-5-6-13(16)7-14(12)15(17)18-20/h5-7,10-11,20H,8-9H2,1-4H3,(H2,17,18). The Bertz CT molecular complexity index is 472. The zero-order valence-corrected chi connectivity index (χ0v) is 12.6. The van der Waals surface area contributed by atoms with Gasteiger partial charge < -0.3 is 10.9 Å². The predicted molar refractivity (Wildman–Crippen MR) is 79.3 cm³/mol. The average molecular weight is 281 g/mol. The van der Waals surface area contributed by atoms with Gasteiger partial charge in [0.2, 0.25) is 0 Å². The first-order valence-corrected chi connectivity index (χ1v) is 6.85. The molecule has 20 heavy (non-hydrogen) atoms. The molecular weight excluding hydrogens is 257 g/mol. The molecule has 0 radical (unpaired) electrons. The number of amidine groups is 1. The van der Waals surface area contributed by atoms with Crippen LogP contribution < -0.4 is 5.73 Å². The van der Waals surface area contributed by atoms with Crippen molar-refractivity contribution in [1.82, 2.24) is 4.90 Å². The van der Waals surface area contributed by atoms with Gasteiger partial charge >= 0.3 is 0 Å². The van der Waals surface area contributed by atoms with Crippen molar-refractivity contribution < 1.29 is 9.60 Å². The fraction of sp³-hybridized carbons (Fsp3) is 0.533. The van der Waals surface area contributed by atoms with Crippen LogP contribution in [-0.4, -0.2) is 28.5 Å². The molecule has 0 heterocycles. The molecule has 1 aromatic rings. The first kappa shape index (κ1) is 16.4. The lowest BCUT2D eigenvalue weighted by Crippen LogP contribution is -2.34. The number of hydrogen-bond donors (Lipinski definition) is 2. The Morgan fingerprint density at radius 3 is 2.50 bits per heavy atom. The molecule has 3 N–H and O–H groups in total. The van der Waals surface area contributed by atoms with Crippen molar-refractivity contribution in [3.8, 4) is 0 Å². The first-order valence-electron chi connectivity index (χ1n) is 6.85. The summed E-state index contributed by atoms with van der Waals surface area (Å²) in [4.78, 5) is 2.28. The molecule has 0 bridgehead atoms. The molecule has 1 aromatic carbocycles. The van der Waals surface area contributed by atoms with E-state index in [1.807, 2.05) is 0 Å². The molecular formula is C15H24FN3O. The zero-order chi connectivity index (χ0) is 15.3. The van der Waals surface area contributed by atoms with Gasteiger partial charge in [0.15, 0.2) is 5.84 Å². The topological polar surface area (TPSA) is 61.8 Å². The normalized spacial score (nSPS) is 12.7. The largest absolute Gasteiger partial charge is 0.409 e. The summed E-state index contributed by atoms with van der Waals surface area (Å²) in [6.45, 7) is 10.1. The second-order valence-electron chi connectivity index (χ2n) is 5.70. The van der Waals surface area contributed by atoms with Crippen LogP contribution in [0, 0.1) is 11.7 Å². The second kappa shape index (κ2) is 7.24. The molecule has 0 fully saturated rings. The van der Waals surface area contributed by atoms with Gasteiger partial charge in [0.05, 0.1) is 0 Å². The predicted octanol–water partition coefficient (Wildman–Crippen LogP) is 2.79. The molecule has 0 aliphatic carbocycles. The Labute approximate surface area is 120 Å². The number of halogens is 1. The number of benzene rings is 1. The van der Waals surface area contributed by atoms with E-state index in [4.69, 9.17) is 10.9 Å². The number of rotatable bonds is 6. The van der Waals surface area contributed by atoms with Crippen LogP contribution in [0.5, 0.6) is 0 Å². The van der Waals surface area contributed by atoms with Gasteiger partial charge in [0.25, 0.3) is 0 Å². The highest BCUT2D eigenvalue weighted by Crippen LogP contribution is 2.16. The van der Waals surface area contributed by atoms with Gasteiger partial charge in [0, 0.05) is 24.7 Å². The van der Waals surface area contributed by atoms with Gasteiger partial charge in [-0.1, -0.05) is 25.1 Å². The molecule has 5 heteroatoms. The molecule has 0 saturated heterocycles. The van der Waals surface area contributed by atoms with Gasteiger partial charge in [-0.3, -0.25) is 4.90 Å². The summed E-state index contributed by atoms with van der Waals surface area (Å²) < 4.78 is 13.3. The summed E-state index contributed by atoms with van der Waals surface area (Å²) in [6.07, 6.45) is 0. The van der Waals surface area contributed by atoms with Crippen LogP contribution in [0.2, 0.25) is 0 Å². The molecule has 112 valence electrons. The number of nitrogens with two attached hydrogens (primary N) is 1. The summed E-state index contributed by atoms with van der Waals surface area (Å²) in [5.41, 5.74) is 6.94. The summed E-state index contributed by atoms with van der Waals surface area (Å²) in [5.74, 6) is 0.0770. The Balaban J connectivity index is 3.06. The maximum Gasteiger partial charge on any atom is 0.170 e. The molecule has 0 atom stereocenters. The van der Waals surface area contributed by atoms with E-state index in [2.05, 4.69) is 37.8 Å². The maximum absolute atomic E-state index is 13.3. The van der Waals surface area contributed by atoms with E-state index in [0.717, 1.165) is 12.1 Å². The number of nitrogens with zero attached hydrogens (tertiary/aromatic N) is 2. The highest BCUT2D eigenvalue weighted by atomic mass is 19.1. The monoisotopic (exact) mass is 281 g/mol. The molecule has 0 spiro atoms. The molecule has 0 amide bonds. The molecule has 1 rings (SSSR count). The zero-order valence-electron chi connectivity index (χ0n) is 12.6. The second-order valence-corrected chi connectivity index (χ2v) is 5.70. The fourth-order valence-corrected chi connectivity index (χ4v) is 2.12. The fourth-order valence-electron chi connectivity index (χ4n) is 2.12. The Kier molecular flexibility index (Phi) is 5.95. The minimum Gasteiger partial charge on any atom is -0.409 e. The number of oxime groups is 1. The first-order chi connectivity index (χ1) is 9.35. The van der Waals surface area contributed by atoms with Gasteiger partial charge in [-0.05, 0) is 37.5 Å². The summed E-state index contributed by atoms with van der Waals surface area (Å²) in [6, 6.07) is 4.76. The Morgan fingerprint density at radius 2 is 2.00 bits per heavy atom. The molecule has 4 nitrogen and oxygen atoms in total. The van der Waals surface area contributed by atoms with Crippen LogP contribution in [-0.2, 0) is 6.54 Å². The number of hydrogen-bond acceptors (Lipinski definition) is 3.